The topological polar surface area (TPSA) is 81.7 Å². The van der Waals surface area contributed by atoms with Gasteiger partial charge in [0.1, 0.15) is 6.04 Å². The van der Waals surface area contributed by atoms with Crippen LogP contribution in [0.2, 0.25) is 5.02 Å². The average molecular weight is 388 g/mol. The minimum Gasteiger partial charge on any atom is -0.467 e. The lowest BCUT2D eigenvalue weighted by atomic mass is 10.0. The van der Waals surface area contributed by atoms with Crippen molar-refractivity contribution in [3.05, 3.63) is 28.8 Å². The lowest BCUT2D eigenvalue weighted by molar-refractivity contribution is -0.145. The maximum Gasteiger partial charge on any atom is 0.340 e. The second-order valence-electron chi connectivity index (χ2n) is 5.69. The van der Waals surface area contributed by atoms with E-state index in [1.165, 1.54) is 18.9 Å². The first kappa shape index (κ1) is 21.3. The largest absolute Gasteiger partial charge is 0.467 e. The van der Waals surface area contributed by atoms with Gasteiger partial charge in [-0.2, -0.15) is 0 Å². The predicted octanol–water partition coefficient (Wildman–Crippen LogP) is 2.92. The van der Waals surface area contributed by atoms with Crippen molar-refractivity contribution in [1.29, 1.82) is 0 Å². The van der Waals surface area contributed by atoms with Crippen molar-refractivity contribution < 1.29 is 23.9 Å². The molecule has 0 aliphatic heterocycles. The van der Waals surface area contributed by atoms with Crippen LogP contribution in [-0.2, 0) is 19.1 Å². The van der Waals surface area contributed by atoms with Crippen molar-refractivity contribution in [2.24, 2.45) is 5.92 Å². The van der Waals surface area contributed by atoms with E-state index in [0.29, 0.717) is 6.42 Å². The van der Waals surface area contributed by atoms with Gasteiger partial charge in [0.25, 0.3) is 5.91 Å². The molecule has 1 aromatic rings. The van der Waals surface area contributed by atoms with E-state index in [2.05, 4.69) is 10.1 Å². The number of methoxy groups -OCH3 is 1. The zero-order valence-corrected chi connectivity index (χ0v) is 16.2. The highest BCUT2D eigenvalue weighted by Crippen LogP contribution is 2.23. The van der Waals surface area contributed by atoms with E-state index in [1.54, 1.807) is 18.2 Å². The second-order valence-corrected chi connectivity index (χ2v) is 6.98. The summed E-state index contributed by atoms with van der Waals surface area (Å²) in [5.74, 6) is -1.64. The number of amides is 1. The lowest BCUT2D eigenvalue weighted by Crippen LogP contribution is -2.44. The Labute approximate surface area is 156 Å². The first-order chi connectivity index (χ1) is 11.8. The van der Waals surface area contributed by atoms with Gasteiger partial charge in [-0.25, -0.2) is 9.59 Å². The molecule has 138 valence electrons. The fraction of sp³-hybridized carbons (Fsp3) is 0.471. The van der Waals surface area contributed by atoms with Crippen molar-refractivity contribution >= 4 is 41.2 Å². The van der Waals surface area contributed by atoms with E-state index in [4.69, 9.17) is 16.3 Å². The van der Waals surface area contributed by atoms with Crippen molar-refractivity contribution in [3.8, 4) is 0 Å². The minimum atomic E-state index is -0.778. The highest BCUT2D eigenvalue weighted by atomic mass is 35.5. The average Bonchev–Trinajstić information content (AvgIpc) is 2.58. The molecule has 6 nitrogen and oxygen atoms in total. The summed E-state index contributed by atoms with van der Waals surface area (Å²) in [7, 11) is 1.25. The molecule has 1 amide bonds. The van der Waals surface area contributed by atoms with Crippen LogP contribution in [0.4, 0.5) is 0 Å². The van der Waals surface area contributed by atoms with Gasteiger partial charge >= 0.3 is 11.9 Å². The number of halogens is 1. The van der Waals surface area contributed by atoms with Crippen LogP contribution in [-0.4, -0.2) is 43.9 Å². The van der Waals surface area contributed by atoms with Gasteiger partial charge < -0.3 is 14.8 Å². The summed E-state index contributed by atoms with van der Waals surface area (Å²) in [5.41, 5.74) is 0.188. The van der Waals surface area contributed by atoms with Gasteiger partial charge in [-0.05, 0) is 36.8 Å². The Morgan fingerprint density at radius 3 is 2.52 bits per heavy atom. The van der Waals surface area contributed by atoms with Gasteiger partial charge in [-0.1, -0.05) is 25.4 Å². The van der Waals surface area contributed by atoms with Crippen LogP contribution < -0.4 is 5.32 Å². The zero-order chi connectivity index (χ0) is 19.0. The zero-order valence-electron chi connectivity index (χ0n) is 14.6. The van der Waals surface area contributed by atoms with Crippen molar-refractivity contribution in [2.45, 2.75) is 31.2 Å². The maximum absolute atomic E-state index is 12.1. The Bertz CT molecular complexity index is 635. The van der Waals surface area contributed by atoms with Gasteiger partial charge in [-0.15, -0.1) is 11.8 Å². The molecule has 0 aromatic heterocycles. The van der Waals surface area contributed by atoms with Gasteiger partial charge in [0.05, 0.1) is 17.7 Å². The molecular weight excluding hydrogens is 366 g/mol. The molecule has 0 radical (unpaired) electrons. The third kappa shape index (κ3) is 6.96. The summed E-state index contributed by atoms with van der Waals surface area (Å²) in [6.07, 6.45) is 2.29. The molecule has 0 unspecified atom stereocenters. The summed E-state index contributed by atoms with van der Waals surface area (Å²) in [4.78, 5) is 36.6. The molecule has 1 atom stereocenters. The molecule has 0 aliphatic carbocycles. The Kier molecular flexibility index (Phi) is 8.78. The van der Waals surface area contributed by atoms with E-state index >= 15 is 0 Å². The van der Waals surface area contributed by atoms with Crippen LogP contribution in [0, 0.1) is 5.92 Å². The quantitative estimate of drug-likeness (QED) is 0.545. The Morgan fingerprint density at radius 1 is 1.28 bits per heavy atom. The van der Waals surface area contributed by atoms with E-state index in [9.17, 15) is 14.4 Å². The van der Waals surface area contributed by atoms with Gasteiger partial charge in [0.15, 0.2) is 6.61 Å². The third-order valence-corrected chi connectivity index (χ3v) is 4.31. The lowest BCUT2D eigenvalue weighted by Gasteiger charge is -2.18. The number of carbonyl (C=O) groups excluding carboxylic acids is 3. The van der Waals surface area contributed by atoms with Gasteiger partial charge in [0, 0.05) is 4.90 Å². The summed E-state index contributed by atoms with van der Waals surface area (Å²) in [5, 5.41) is 2.76. The van der Waals surface area contributed by atoms with E-state index in [0.717, 1.165) is 4.90 Å². The Hall–Kier alpha value is -1.73. The number of rotatable bonds is 8. The number of carbonyl (C=O) groups is 3. The van der Waals surface area contributed by atoms with E-state index in [1.807, 2.05) is 20.1 Å². The molecule has 1 N–H and O–H groups in total. The summed E-state index contributed by atoms with van der Waals surface area (Å²) < 4.78 is 9.66. The number of nitrogens with one attached hydrogen (secondary N) is 1. The minimum absolute atomic E-state index is 0.181. The maximum atomic E-state index is 12.1. The van der Waals surface area contributed by atoms with Gasteiger partial charge in [0.2, 0.25) is 0 Å². The number of ether oxygens (including phenoxy) is 2. The molecule has 0 bridgehead atoms. The predicted molar refractivity (Wildman–Crippen MR) is 96.9 cm³/mol. The molecule has 0 saturated carbocycles. The van der Waals surface area contributed by atoms with E-state index < -0.39 is 30.5 Å². The molecule has 8 heteroatoms. The molecule has 0 heterocycles. The van der Waals surface area contributed by atoms with Crippen molar-refractivity contribution in [3.63, 3.8) is 0 Å². The summed E-state index contributed by atoms with van der Waals surface area (Å²) in [6.45, 7) is 3.33. The molecule has 0 spiro atoms. The number of hydrogen-bond donors (Lipinski definition) is 1. The van der Waals surface area contributed by atoms with E-state index in [-0.39, 0.29) is 16.5 Å². The first-order valence-electron chi connectivity index (χ1n) is 7.66. The Balaban J connectivity index is 2.65. The standard InChI is InChI=1S/C17H22ClNO5S/c1-10(2)7-14(17(22)23-3)19-15(20)9-24-16(21)12-8-11(25-4)5-6-13(12)18/h5-6,8,10,14H,7,9H2,1-4H3,(H,19,20)/t14-/m1/s1. The van der Waals surface area contributed by atoms with Crippen LogP contribution in [0.5, 0.6) is 0 Å². The number of thioether (sulfide) groups is 1. The highest BCUT2D eigenvalue weighted by Gasteiger charge is 2.23. The van der Waals surface area contributed by atoms with Crippen molar-refractivity contribution in [2.75, 3.05) is 20.0 Å². The fourth-order valence-electron chi connectivity index (χ4n) is 2.06. The number of benzene rings is 1. The van der Waals surface area contributed by atoms with Gasteiger partial charge in [-0.3, -0.25) is 4.79 Å². The van der Waals surface area contributed by atoms with Crippen LogP contribution in [0.25, 0.3) is 0 Å². The van der Waals surface area contributed by atoms with Crippen LogP contribution in [0.1, 0.15) is 30.6 Å². The highest BCUT2D eigenvalue weighted by molar-refractivity contribution is 7.98. The number of hydrogen-bond acceptors (Lipinski definition) is 6. The summed E-state index contributed by atoms with van der Waals surface area (Å²) in [6, 6.07) is 4.20. The Morgan fingerprint density at radius 2 is 1.96 bits per heavy atom. The molecule has 25 heavy (non-hydrogen) atoms. The van der Waals surface area contributed by atoms with Crippen molar-refractivity contribution in [1.82, 2.24) is 5.32 Å². The van der Waals surface area contributed by atoms with Crippen LogP contribution in [0.15, 0.2) is 23.1 Å². The molecule has 0 fully saturated rings. The molecule has 1 aromatic carbocycles. The molecule has 1 rings (SSSR count). The first-order valence-corrected chi connectivity index (χ1v) is 9.26. The number of esters is 2. The normalized spacial score (nSPS) is 11.8. The van der Waals surface area contributed by atoms with Crippen LogP contribution >= 0.6 is 23.4 Å². The fourth-order valence-corrected chi connectivity index (χ4v) is 2.69. The third-order valence-electron chi connectivity index (χ3n) is 3.26. The molecule has 0 aliphatic rings. The molecular formula is C17H22ClNO5S. The SMILES string of the molecule is COC(=O)[C@@H](CC(C)C)NC(=O)COC(=O)c1cc(SC)ccc1Cl. The monoisotopic (exact) mass is 387 g/mol. The van der Waals surface area contributed by atoms with Crippen LogP contribution in [0.3, 0.4) is 0 Å². The summed E-state index contributed by atoms with van der Waals surface area (Å²) >= 11 is 7.45. The molecule has 0 saturated heterocycles. The second kappa shape index (κ2) is 10.3. The smallest absolute Gasteiger partial charge is 0.340 e.